The number of anilines is 1. The molecule has 29 heavy (non-hydrogen) atoms. The Labute approximate surface area is 169 Å². The van der Waals surface area contributed by atoms with Crippen molar-refractivity contribution in [3.05, 3.63) is 59.7 Å². The molecule has 1 fully saturated rings. The van der Waals surface area contributed by atoms with Crippen LogP contribution in [0.4, 0.5) is 5.69 Å². The summed E-state index contributed by atoms with van der Waals surface area (Å²) < 4.78 is 5.43. The monoisotopic (exact) mass is 393 g/mol. The van der Waals surface area contributed by atoms with Crippen molar-refractivity contribution >= 4 is 23.4 Å². The van der Waals surface area contributed by atoms with Crippen LogP contribution in [0.15, 0.2) is 48.5 Å². The van der Waals surface area contributed by atoms with Crippen LogP contribution in [0.25, 0.3) is 0 Å². The largest absolute Gasteiger partial charge is 0.495 e. The second-order valence-electron chi connectivity index (χ2n) is 7.19. The predicted octanol–water partition coefficient (Wildman–Crippen LogP) is 2.03. The number of carbonyl (C=O) groups is 3. The van der Waals surface area contributed by atoms with Crippen molar-refractivity contribution in [2.75, 3.05) is 38.2 Å². The highest BCUT2D eigenvalue weighted by Crippen LogP contribution is 2.29. The third kappa shape index (κ3) is 3.22. The number of nitrogens with zero attached hydrogens (tertiary/aromatic N) is 3. The maximum atomic E-state index is 13.0. The maximum absolute atomic E-state index is 13.0. The number of imide groups is 1. The first kappa shape index (κ1) is 19.0. The smallest absolute Gasteiger partial charge is 0.262 e. The zero-order valence-corrected chi connectivity index (χ0v) is 16.5. The molecule has 3 amide bonds. The lowest BCUT2D eigenvalue weighted by Crippen LogP contribution is -2.55. The van der Waals surface area contributed by atoms with Gasteiger partial charge in [0.1, 0.15) is 11.8 Å². The average Bonchev–Trinajstić information content (AvgIpc) is 3.03. The van der Waals surface area contributed by atoms with E-state index in [0.29, 0.717) is 37.3 Å². The van der Waals surface area contributed by atoms with Crippen molar-refractivity contribution in [3.8, 4) is 5.75 Å². The summed E-state index contributed by atoms with van der Waals surface area (Å²) in [5.74, 6) is -0.218. The molecule has 7 heteroatoms. The van der Waals surface area contributed by atoms with Gasteiger partial charge in [0.2, 0.25) is 5.91 Å². The fourth-order valence-corrected chi connectivity index (χ4v) is 3.99. The molecule has 2 heterocycles. The lowest BCUT2D eigenvalue weighted by Gasteiger charge is -2.38. The number of hydrogen-bond acceptors (Lipinski definition) is 5. The molecule has 0 spiro atoms. The summed E-state index contributed by atoms with van der Waals surface area (Å²) >= 11 is 0. The number of rotatable bonds is 4. The molecule has 0 bridgehead atoms. The van der Waals surface area contributed by atoms with Crippen molar-refractivity contribution in [1.29, 1.82) is 0 Å². The van der Waals surface area contributed by atoms with E-state index in [1.807, 2.05) is 24.3 Å². The second kappa shape index (κ2) is 7.58. The topological polar surface area (TPSA) is 70.2 Å². The molecule has 2 aromatic carbocycles. The van der Waals surface area contributed by atoms with Crippen molar-refractivity contribution in [3.63, 3.8) is 0 Å². The van der Waals surface area contributed by atoms with Gasteiger partial charge in [-0.3, -0.25) is 19.3 Å². The molecule has 0 unspecified atom stereocenters. The summed E-state index contributed by atoms with van der Waals surface area (Å²) in [6.07, 6.45) is 0. The van der Waals surface area contributed by atoms with E-state index in [4.69, 9.17) is 4.74 Å². The zero-order chi connectivity index (χ0) is 20.5. The fourth-order valence-electron chi connectivity index (χ4n) is 3.99. The van der Waals surface area contributed by atoms with Crippen molar-refractivity contribution in [2.45, 2.75) is 13.0 Å². The molecule has 2 aliphatic heterocycles. The molecule has 7 nitrogen and oxygen atoms in total. The van der Waals surface area contributed by atoms with Crippen LogP contribution < -0.4 is 9.64 Å². The van der Waals surface area contributed by atoms with Crippen molar-refractivity contribution in [1.82, 2.24) is 9.80 Å². The predicted molar refractivity (Wildman–Crippen MR) is 108 cm³/mol. The van der Waals surface area contributed by atoms with E-state index in [1.165, 1.54) is 0 Å². The fraction of sp³-hybridized carbons (Fsp3) is 0.318. The quantitative estimate of drug-likeness (QED) is 0.744. The lowest BCUT2D eigenvalue weighted by molar-refractivity contribution is -0.135. The van der Waals surface area contributed by atoms with Gasteiger partial charge in [-0.05, 0) is 31.2 Å². The summed E-state index contributed by atoms with van der Waals surface area (Å²) in [6, 6.07) is 13.6. The summed E-state index contributed by atoms with van der Waals surface area (Å²) in [6.45, 7) is 3.97. The Balaban J connectivity index is 1.44. The lowest BCUT2D eigenvalue weighted by atomic mass is 10.1. The van der Waals surface area contributed by atoms with Gasteiger partial charge in [-0.1, -0.05) is 24.3 Å². The molecular weight excluding hydrogens is 370 g/mol. The van der Waals surface area contributed by atoms with Crippen LogP contribution in [0.1, 0.15) is 27.6 Å². The van der Waals surface area contributed by atoms with E-state index in [0.717, 1.165) is 16.3 Å². The van der Waals surface area contributed by atoms with Crippen molar-refractivity contribution < 1.29 is 19.1 Å². The van der Waals surface area contributed by atoms with Crippen LogP contribution in [0, 0.1) is 0 Å². The van der Waals surface area contributed by atoms with E-state index in [2.05, 4.69) is 4.90 Å². The number of benzene rings is 2. The molecule has 1 atom stereocenters. The maximum Gasteiger partial charge on any atom is 0.262 e. The number of ether oxygens (including phenoxy) is 1. The SMILES string of the molecule is COc1ccccc1N1CCN(C(=O)[C@@H](C)N2C(=O)c3ccccc3C2=O)CC1. The molecule has 0 aromatic heterocycles. The summed E-state index contributed by atoms with van der Waals surface area (Å²) in [5.41, 5.74) is 1.71. The molecule has 150 valence electrons. The molecular formula is C22H23N3O4. The third-order valence-corrected chi connectivity index (χ3v) is 5.59. The summed E-state index contributed by atoms with van der Waals surface area (Å²) in [7, 11) is 1.64. The van der Waals surface area contributed by atoms with Gasteiger partial charge in [-0.15, -0.1) is 0 Å². The van der Waals surface area contributed by atoms with Crippen molar-refractivity contribution in [2.24, 2.45) is 0 Å². The van der Waals surface area contributed by atoms with Crippen LogP contribution in [-0.4, -0.2) is 66.9 Å². The first-order valence-electron chi connectivity index (χ1n) is 9.66. The summed E-state index contributed by atoms with van der Waals surface area (Å²) in [4.78, 5) is 43.3. The number of para-hydroxylation sites is 2. The molecule has 0 aliphatic carbocycles. The highest BCUT2D eigenvalue weighted by Gasteiger charge is 2.42. The number of hydrogen-bond donors (Lipinski definition) is 0. The third-order valence-electron chi connectivity index (χ3n) is 5.59. The number of methoxy groups -OCH3 is 1. The number of fused-ring (bicyclic) bond motifs is 1. The Morgan fingerprint density at radius 3 is 2.03 bits per heavy atom. The molecule has 0 radical (unpaired) electrons. The standard InChI is InChI=1S/C22H23N3O4/c1-15(25-21(27)16-7-3-4-8-17(16)22(25)28)20(26)24-13-11-23(12-14-24)18-9-5-6-10-19(18)29-2/h3-10,15H,11-14H2,1-2H3/t15-/m1/s1. The van der Waals surface area contributed by atoms with E-state index in [1.54, 1.807) is 43.2 Å². The molecule has 1 saturated heterocycles. The van der Waals surface area contributed by atoms with Gasteiger partial charge < -0.3 is 14.5 Å². The van der Waals surface area contributed by atoms with Gasteiger partial charge in [0, 0.05) is 26.2 Å². The van der Waals surface area contributed by atoms with Gasteiger partial charge in [0.25, 0.3) is 11.8 Å². The highest BCUT2D eigenvalue weighted by atomic mass is 16.5. The normalized spacial score (nSPS) is 17.4. The van der Waals surface area contributed by atoms with E-state index in [9.17, 15) is 14.4 Å². The van der Waals surface area contributed by atoms with E-state index >= 15 is 0 Å². The van der Waals surface area contributed by atoms with Gasteiger partial charge in [-0.25, -0.2) is 0 Å². The minimum absolute atomic E-state index is 0.209. The second-order valence-corrected chi connectivity index (χ2v) is 7.19. The molecule has 2 aromatic rings. The van der Waals surface area contributed by atoms with Gasteiger partial charge in [0.05, 0.1) is 23.9 Å². The zero-order valence-electron chi connectivity index (χ0n) is 16.5. The summed E-state index contributed by atoms with van der Waals surface area (Å²) in [5, 5.41) is 0. The Kier molecular flexibility index (Phi) is 4.96. The van der Waals surface area contributed by atoms with Gasteiger partial charge in [0.15, 0.2) is 0 Å². The molecule has 4 rings (SSSR count). The molecule has 0 saturated carbocycles. The minimum Gasteiger partial charge on any atom is -0.495 e. The number of piperazine rings is 1. The van der Waals surface area contributed by atoms with Gasteiger partial charge in [-0.2, -0.15) is 0 Å². The molecule has 0 N–H and O–H groups in total. The molecule has 2 aliphatic rings. The van der Waals surface area contributed by atoms with Crippen LogP contribution in [0.5, 0.6) is 5.75 Å². The average molecular weight is 393 g/mol. The first-order valence-corrected chi connectivity index (χ1v) is 9.66. The minimum atomic E-state index is -0.833. The first-order chi connectivity index (χ1) is 14.0. The van der Waals surface area contributed by atoms with Gasteiger partial charge >= 0.3 is 0 Å². The number of amides is 3. The Morgan fingerprint density at radius 2 is 1.45 bits per heavy atom. The van der Waals surface area contributed by atoms with Crippen LogP contribution >= 0.6 is 0 Å². The van der Waals surface area contributed by atoms with Crippen LogP contribution in [0.2, 0.25) is 0 Å². The Morgan fingerprint density at radius 1 is 0.897 bits per heavy atom. The highest BCUT2D eigenvalue weighted by molar-refractivity contribution is 6.22. The van der Waals surface area contributed by atoms with E-state index in [-0.39, 0.29) is 5.91 Å². The number of carbonyl (C=O) groups excluding carboxylic acids is 3. The van der Waals surface area contributed by atoms with Crippen LogP contribution in [0.3, 0.4) is 0 Å². The van der Waals surface area contributed by atoms with Crippen LogP contribution in [-0.2, 0) is 4.79 Å². The van der Waals surface area contributed by atoms with E-state index < -0.39 is 17.9 Å². The Hall–Kier alpha value is -3.35. The Bertz CT molecular complexity index is 931.